The van der Waals surface area contributed by atoms with Gasteiger partial charge in [-0.25, -0.2) is 0 Å². The van der Waals surface area contributed by atoms with E-state index in [0.717, 1.165) is 20.6 Å². The van der Waals surface area contributed by atoms with E-state index in [0.29, 0.717) is 0 Å². The number of nitro groups is 1. The number of anilines is 1. The summed E-state index contributed by atoms with van der Waals surface area (Å²) in [4.78, 5) is 23.3. The molecule has 0 spiro atoms. The van der Waals surface area contributed by atoms with Crippen LogP contribution in [0.1, 0.15) is 12.5 Å². The van der Waals surface area contributed by atoms with E-state index in [-0.39, 0.29) is 16.8 Å². The highest BCUT2D eigenvalue weighted by Gasteiger charge is 2.16. The molecule has 0 fully saturated rings. The third-order valence-corrected chi connectivity index (χ3v) is 4.79. The van der Waals surface area contributed by atoms with Gasteiger partial charge < -0.3 is 5.32 Å². The Hall–Kier alpha value is -1.86. The minimum Gasteiger partial charge on any atom is -0.325 e. The SMILES string of the molecule is Cc1ccc(Br)cc1NC(=O)C(C)Sc1ccc([N+](=O)[O-])cc1. The van der Waals surface area contributed by atoms with Crippen LogP contribution in [0, 0.1) is 17.0 Å². The predicted octanol–water partition coefficient (Wildman–Crippen LogP) is 4.79. The van der Waals surface area contributed by atoms with Crippen LogP contribution in [0.4, 0.5) is 11.4 Å². The molecule has 0 radical (unpaired) electrons. The van der Waals surface area contributed by atoms with Gasteiger partial charge in [0.15, 0.2) is 0 Å². The summed E-state index contributed by atoms with van der Waals surface area (Å²) in [6, 6.07) is 11.9. The molecule has 0 saturated heterocycles. The number of amides is 1. The van der Waals surface area contributed by atoms with Gasteiger partial charge in [-0.2, -0.15) is 0 Å². The average molecular weight is 395 g/mol. The maximum Gasteiger partial charge on any atom is 0.269 e. The normalized spacial score (nSPS) is 11.8. The molecule has 0 aliphatic heterocycles. The number of nitro benzene ring substituents is 1. The minimum atomic E-state index is -0.444. The molecule has 120 valence electrons. The predicted molar refractivity (Wildman–Crippen MR) is 95.9 cm³/mol. The molecular weight excluding hydrogens is 380 g/mol. The van der Waals surface area contributed by atoms with Gasteiger partial charge in [0.25, 0.3) is 5.69 Å². The zero-order valence-corrected chi connectivity index (χ0v) is 15.0. The van der Waals surface area contributed by atoms with Crippen LogP contribution in [0.3, 0.4) is 0 Å². The van der Waals surface area contributed by atoms with Crippen molar-refractivity contribution in [1.82, 2.24) is 0 Å². The van der Waals surface area contributed by atoms with Crippen LogP contribution in [0.5, 0.6) is 0 Å². The van der Waals surface area contributed by atoms with Crippen LogP contribution in [0.2, 0.25) is 0 Å². The quantitative estimate of drug-likeness (QED) is 0.449. The second kappa shape index (κ2) is 7.61. The van der Waals surface area contributed by atoms with Gasteiger partial charge >= 0.3 is 0 Å². The fraction of sp³-hybridized carbons (Fsp3) is 0.188. The lowest BCUT2D eigenvalue weighted by atomic mass is 10.2. The van der Waals surface area contributed by atoms with Crippen LogP contribution in [0.15, 0.2) is 51.8 Å². The summed E-state index contributed by atoms with van der Waals surface area (Å²) in [6.45, 7) is 3.73. The van der Waals surface area contributed by atoms with Crippen LogP contribution >= 0.6 is 27.7 Å². The van der Waals surface area contributed by atoms with Crippen molar-refractivity contribution in [1.29, 1.82) is 0 Å². The fourth-order valence-electron chi connectivity index (χ4n) is 1.87. The first-order chi connectivity index (χ1) is 10.9. The lowest BCUT2D eigenvalue weighted by molar-refractivity contribution is -0.384. The Morgan fingerprint density at radius 2 is 1.91 bits per heavy atom. The van der Waals surface area contributed by atoms with Crippen molar-refractivity contribution in [3.05, 3.63) is 62.6 Å². The minimum absolute atomic E-state index is 0.0382. The van der Waals surface area contributed by atoms with Crippen molar-refractivity contribution < 1.29 is 9.72 Å². The average Bonchev–Trinajstić information content (AvgIpc) is 2.51. The topological polar surface area (TPSA) is 72.2 Å². The first kappa shape index (κ1) is 17.5. The van der Waals surface area contributed by atoms with Gasteiger partial charge in [-0.1, -0.05) is 22.0 Å². The van der Waals surface area contributed by atoms with Crippen molar-refractivity contribution >= 4 is 45.0 Å². The molecule has 2 aromatic carbocycles. The first-order valence-electron chi connectivity index (χ1n) is 6.85. The maximum absolute atomic E-state index is 12.3. The molecule has 0 aromatic heterocycles. The van der Waals surface area contributed by atoms with E-state index in [1.165, 1.54) is 23.9 Å². The third kappa shape index (κ3) is 4.80. The number of hydrogen-bond donors (Lipinski definition) is 1. The monoisotopic (exact) mass is 394 g/mol. The molecule has 0 heterocycles. The summed E-state index contributed by atoms with van der Waals surface area (Å²) in [7, 11) is 0. The Bertz CT molecular complexity index is 735. The van der Waals surface area contributed by atoms with Crippen LogP contribution in [-0.4, -0.2) is 16.1 Å². The number of nitrogens with zero attached hydrogens (tertiary/aromatic N) is 1. The van der Waals surface area contributed by atoms with E-state index < -0.39 is 4.92 Å². The lowest BCUT2D eigenvalue weighted by Gasteiger charge is -2.14. The molecule has 0 bridgehead atoms. The van der Waals surface area contributed by atoms with Crippen molar-refractivity contribution in [2.45, 2.75) is 24.0 Å². The van der Waals surface area contributed by atoms with Gasteiger partial charge in [0.1, 0.15) is 0 Å². The van der Waals surface area contributed by atoms with Gasteiger partial charge in [-0.3, -0.25) is 14.9 Å². The molecule has 1 atom stereocenters. The van der Waals surface area contributed by atoms with Gasteiger partial charge in [0.2, 0.25) is 5.91 Å². The largest absolute Gasteiger partial charge is 0.325 e. The second-order valence-corrected chi connectivity index (χ2v) is 7.29. The van der Waals surface area contributed by atoms with Gasteiger partial charge in [-0.15, -0.1) is 11.8 Å². The number of halogens is 1. The molecule has 0 saturated carbocycles. The van der Waals surface area contributed by atoms with Gasteiger partial charge in [0, 0.05) is 27.2 Å². The number of aryl methyl sites for hydroxylation is 1. The van der Waals surface area contributed by atoms with E-state index in [4.69, 9.17) is 0 Å². The fourth-order valence-corrected chi connectivity index (χ4v) is 3.10. The van der Waals surface area contributed by atoms with E-state index in [2.05, 4.69) is 21.2 Å². The Morgan fingerprint density at radius 3 is 2.52 bits per heavy atom. The number of thioether (sulfide) groups is 1. The number of hydrogen-bond acceptors (Lipinski definition) is 4. The maximum atomic E-state index is 12.3. The standard InChI is InChI=1S/C16H15BrN2O3S/c1-10-3-4-12(17)9-15(10)18-16(20)11(2)23-14-7-5-13(6-8-14)19(21)22/h3-9,11H,1-2H3,(H,18,20). The third-order valence-electron chi connectivity index (χ3n) is 3.19. The molecule has 1 N–H and O–H groups in total. The molecule has 0 aliphatic rings. The Kier molecular flexibility index (Phi) is 5.79. The number of non-ortho nitro benzene ring substituents is 1. The molecule has 1 unspecified atom stereocenters. The molecular formula is C16H15BrN2O3S. The van der Waals surface area contributed by atoms with E-state index in [1.54, 1.807) is 19.1 Å². The number of benzene rings is 2. The zero-order valence-electron chi connectivity index (χ0n) is 12.6. The molecule has 7 heteroatoms. The van der Waals surface area contributed by atoms with Gasteiger partial charge in [0.05, 0.1) is 10.2 Å². The van der Waals surface area contributed by atoms with E-state index in [1.807, 2.05) is 25.1 Å². The van der Waals surface area contributed by atoms with Crippen molar-refractivity contribution in [3.8, 4) is 0 Å². The summed E-state index contributed by atoms with van der Waals surface area (Å²) in [5, 5.41) is 13.2. The molecule has 5 nitrogen and oxygen atoms in total. The molecule has 2 aromatic rings. The summed E-state index contributed by atoms with van der Waals surface area (Å²) < 4.78 is 0.897. The van der Waals surface area contributed by atoms with Gasteiger partial charge in [-0.05, 0) is 43.7 Å². The summed E-state index contributed by atoms with van der Waals surface area (Å²) in [5.74, 6) is -0.116. The summed E-state index contributed by atoms with van der Waals surface area (Å²) >= 11 is 4.74. The van der Waals surface area contributed by atoms with Crippen molar-refractivity contribution in [2.75, 3.05) is 5.32 Å². The van der Waals surface area contributed by atoms with Crippen molar-refractivity contribution in [2.24, 2.45) is 0 Å². The number of carbonyl (C=O) groups excluding carboxylic acids is 1. The Labute approximate surface area is 146 Å². The molecule has 2 rings (SSSR count). The van der Waals surface area contributed by atoms with Crippen LogP contribution in [0.25, 0.3) is 0 Å². The van der Waals surface area contributed by atoms with Crippen LogP contribution in [-0.2, 0) is 4.79 Å². The van der Waals surface area contributed by atoms with Crippen molar-refractivity contribution in [3.63, 3.8) is 0 Å². The van der Waals surface area contributed by atoms with E-state index in [9.17, 15) is 14.9 Å². The summed E-state index contributed by atoms with van der Waals surface area (Å²) in [5.41, 5.74) is 1.78. The zero-order chi connectivity index (χ0) is 17.0. The number of carbonyl (C=O) groups is 1. The highest BCUT2D eigenvalue weighted by Crippen LogP contribution is 2.27. The lowest BCUT2D eigenvalue weighted by Crippen LogP contribution is -2.22. The first-order valence-corrected chi connectivity index (χ1v) is 8.52. The molecule has 1 amide bonds. The molecule has 0 aliphatic carbocycles. The Morgan fingerprint density at radius 1 is 1.26 bits per heavy atom. The van der Waals surface area contributed by atoms with Crippen LogP contribution < -0.4 is 5.32 Å². The second-order valence-electron chi connectivity index (χ2n) is 4.96. The summed E-state index contributed by atoms with van der Waals surface area (Å²) in [6.07, 6.45) is 0. The highest BCUT2D eigenvalue weighted by molar-refractivity contribution is 9.10. The smallest absolute Gasteiger partial charge is 0.269 e. The number of rotatable bonds is 5. The highest BCUT2D eigenvalue weighted by atomic mass is 79.9. The Balaban J connectivity index is 2.02. The molecule has 23 heavy (non-hydrogen) atoms. The van der Waals surface area contributed by atoms with E-state index >= 15 is 0 Å². The number of nitrogens with one attached hydrogen (secondary N) is 1.